The maximum atomic E-state index is 11.0. The van der Waals surface area contributed by atoms with E-state index in [0.29, 0.717) is 0 Å². The van der Waals surface area contributed by atoms with E-state index < -0.39 is 5.97 Å². The van der Waals surface area contributed by atoms with Gasteiger partial charge in [-0.25, -0.2) is 9.48 Å². The Morgan fingerprint density at radius 3 is 2.76 bits per heavy atom. The first-order chi connectivity index (χ1) is 10.2. The van der Waals surface area contributed by atoms with Crippen molar-refractivity contribution in [2.45, 2.75) is 0 Å². The molecule has 0 saturated carbocycles. The highest BCUT2D eigenvalue weighted by Crippen LogP contribution is 2.22. The van der Waals surface area contributed by atoms with E-state index in [9.17, 15) is 4.79 Å². The molecule has 0 unspecified atom stereocenters. The third kappa shape index (κ3) is 1.79. The fourth-order valence-electron chi connectivity index (χ4n) is 2.53. The van der Waals surface area contributed by atoms with Crippen molar-refractivity contribution in [3.63, 3.8) is 0 Å². The Labute approximate surface area is 119 Å². The Balaban J connectivity index is 1.92. The van der Waals surface area contributed by atoms with Crippen LogP contribution in [0.3, 0.4) is 0 Å². The summed E-state index contributed by atoms with van der Waals surface area (Å²) >= 11 is 0. The summed E-state index contributed by atoms with van der Waals surface area (Å²) in [5.74, 6) is -0.0791. The van der Waals surface area contributed by atoms with Gasteiger partial charge >= 0.3 is 5.97 Å². The van der Waals surface area contributed by atoms with Gasteiger partial charge < -0.3 is 10.1 Å². The quantitative estimate of drug-likeness (QED) is 0.591. The minimum absolute atomic E-state index is 0.263. The van der Waals surface area contributed by atoms with Crippen LogP contribution in [-0.2, 0) is 0 Å². The molecule has 0 fully saturated rings. The fourth-order valence-corrected chi connectivity index (χ4v) is 2.53. The van der Waals surface area contributed by atoms with Gasteiger partial charge in [0.2, 0.25) is 0 Å². The smallest absolute Gasteiger partial charge is 0.335 e. The normalized spacial score (nSPS) is 11.2. The molecule has 0 aliphatic heterocycles. The standard InChI is InChI=1S/C16H11N3O2/c20-16(21)11-5-6-14-12(7-11)9-17-19(14)15-8-10-3-1-2-4-13(10)18-15/h1-9,18H,(H,20,21). The number of carboxylic acids is 1. The van der Waals surface area contributed by atoms with Gasteiger partial charge in [0.05, 0.1) is 17.3 Å². The summed E-state index contributed by atoms with van der Waals surface area (Å²) in [6.07, 6.45) is 1.67. The highest BCUT2D eigenvalue weighted by Gasteiger charge is 2.10. The summed E-state index contributed by atoms with van der Waals surface area (Å²) in [4.78, 5) is 14.3. The van der Waals surface area contributed by atoms with Crippen LogP contribution in [-0.4, -0.2) is 25.8 Å². The molecule has 0 aliphatic carbocycles. The zero-order valence-electron chi connectivity index (χ0n) is 10.9. The molecule has 0 amide bonds. The van der Waals surface area contributed by atoms with Gasteiger partial charge in [-0.05, 0) is 30.3 Å². The Morgan fingerprint density at radius 1 is 1.10 bits per heavy atom. The van der Waals surface area contributed by atoms with Crippen LogP contribution in [0.1, 0.15) is 10.4 Å². The number of aromatic amines is 1. The lowest BCUT2D eigenvalue weighted by Crippen LogP contribution is -1.97. The van der Waals surface area contributed by atoms with Gasteiger partial charge in [-0.2, -0.15) is 5.10 Å². The Hall–Kier alpha value is -3.08. The van der Waals surface area contributed by atoms with Crippen LogP contribution in [0.4, 0.5) is 0 Å². The minimum atomic E-state index is -0.935. The van der Waals surface area contributed by atoms with Crippen molar-refractivity contribution in [3.8, 4) is 5.82 Å². The maximum absolute atomic E-state index is 11.0. The topological polar surface area (TPSA) is 70.9 Å². The third-order valence-electron chi connectivity index (χ3n) is 3.56. The number of nitrogens with zero attached hydrogens (tertiary/aromatic N) is 2. The van der Waals surface area contributed by atoms with Crippen LogP contribution in [0, 0.1) is 0 Å². The van der Waals surface area contributed by atoms with E-state index in [1.54, 1.807) is 29.1 Å². The lowest BCUT2D eigenvalue weighted by atomic mass is 10.1. The maximum Gasteiger partial charge on any atom is 0.335 e. The van der Waals surface area contributed by atoms with Gasteiger partial charge in [0.1, 0.15) is 5.82 Å². The van der Waals surface area contributed by atoms with Crippen molar-refractivity contribution >= 4 is 27.8 Å². The summed E-state index contributed by atoms with van der Waals surface area (Å²) in [7, 11) is 0. The molecule has 21 heavy (non-hydrogen) atoms. The summed E-state index contributed by atoms with van der Waals surface area (Å²) in [5.41, 5.74) is 2.17. The van der Waals surface area contributed by atoms with Crippen molar-refractivity contribution in [2.24, 2.45) is 0 Å². The second-order valence-corrected chi connectivity index (χ2v) is 4.88. The first-order valence-electron chi connectivity index (χ1n) is 6.51. The monoisotopic (exact) mass is 277 g/mol. The number of aromatic carboxylic acids is 1. The summed E-state index contributed by atoms with van der Waals surface area (Å²) in [6.45, 7) is 0. The number of para-hydroxylation sites is 1. The van der Waals surface area contributed by atoms with Gasteiger partial charge in [-0.1, -0.05) is 18.2 Å². The predicted molar refractivity (Wildman–Crippen MR) is 79.9 cm³/mol. The number of H-pyrrole nitrogens is 1. The number of hydrogen-bond acceptors (Lipinski definition) is 2. The molecule has 0 radical (unpaired) electrons. The number of benzene rings is 2. The molecule has 0 aliphatic rings. The number of hydrogen-bond donors (Lipinski definition) is 2. The number of fused-ring (bicyclic) bond motifs is 2. The van der Waals surface area contributed by atoms with Gasteiger partial charge in [0.15, 0.2) is 0 Å². The van der Waals surface area contributed by atoms with Crippen LogP contribution < -0.4 is 0 Å². The fraction of sp³-hybridized carbons (Fsp3) is 0. The van der Waals surface area contributed by atoms with E-state index in [1.165, 1.54) is 0 Å². The van der Waals surface area contributed by atoms with Crippen molar-refractivity contribution in [1.82, 2.24) is 14.8 Å². The molecule has 0 atom stereocenters. The van der Waals surface area contributed by atoms with Crippen molar-refractivity contribution < 1.29 is 9.90 Å². The average molecular weight is 277 g/mol. The number of aromatic nitrogens is 3. The van der Waals surface area contributed by atoms with E-state index in [-0.39, 0.29) is 5.56 Å². The molecule has 4 aromatic rings. The molecule has 5 nitrogen and oxygen atoms in total. The van der Waals surface area contributed by atoms with Gasteiger partial charge in [0, 0.05) is 16.3 Å². The lowest BCUT2D eigenvalue weighted by Gasteiger charge is -2.00. The number of nitrogens with one attached hydrogen (secondary N) is 1. The summed E-state index contributed by atoms with van der Waals surface area (Å²) in [6, 6.07) is 15.0. The van der Waals surface area contributed by atoms with Crippen LogP contribution in [0.25, 0.3) is 27.6 Å². The molecular weight excluding hydrogens is 266 g/mol. The molecule has 2 heterocycles. The van der Waals surface area contributed by atoms with Crippen LogP contribution >= 0.6 is 0 Å². The van der Waals surface area contributed by atoms with Gasteiger partial charge in [-0.3, -0.25) is 0 Å². The highest BCUT2D eigenvalue weighted by molar-refractivity contribution is 5.93. The number of carbonyl (C=O) groups is 1. The van der Waals surface area contributed by atoms with Gasteiger partial charge in [0.25, 0.3) is 0 Å². The second kappa shape index (κ2) is 4.21. The van der Waals surface area contributed by atoms with Crippen molar-refractivity contribution in [2.75, 3.05) is 0 Å². The summed E-state index contributed by atoms with van der Waals surface area (Å²) < 4.78 is 1.78. The molecule has 102 valence electrons. The summed E-state index contributed by atoms with van der Waals surface area (Å²) in [5, 5.41) is 15.3. The van der Waals surface area contributed by atoms with Crippen LogP contribution in [0.15, 0.2) is 54.7 Å². The number of carboxylic acid groups (broad SMARTS) is 1. The first-order valence-corrected chi connectivity index (χ1v) is 6.51. The van der Waals surface area contributed by atoms with E-state index in [0.717, 1.165) is 27.6 Å². The van der Waals surface area contributed by atoms with E-state index in [4.69, 9.17) is 5.11 Å². The first kappa shape index (κ1) is 11.7. The molecule has 0 bridgehead atoms. The third-order valence-corrected chi connectivity index (χ3v) is 3.56. The Morgan fingerprint density at radius 2 is 1.95 bits per heavy atom. The average Bonchev–Trinajstić information content (AvgIpc) is 3.09. The SMILES string of the molecule is O=C(O)c1ccc2c(cnn2-c2cc3ccccc3[nH]2)c1. The van der Waals surface area contributed by atoms with E-state index >= 15 is 0 Å². The molecule has 2 aromatic heterocycles. The highest BCUT2D eigenvalue weighted by atomic mass is 16.4. The van der Waals surface area contributed by atoms with Crippen molar-refractivity contribution in [1.29, 1.82) is 0 Å². The second-order valence-electron chi connectivity index (χ2n) is 4.88. The Bertz CT molecular complexity index is 948. The van der Waals surface area contributed by atoms with Gasteiger partial charge in [-0.15, -0.1) is 0 Å². The molecule has 4 rings (SSSR count). The molecular formula is C16H11N3O2. The van der Waals surface area contributed by atoms with E-state index in [1.807, 2.05) is 30.3 Å². The predicted octanol–water partition coefficient (Wildman–Crippen LogP) is 3.21. The zero-order chi connectivity index (χ0) is 14.4. The van der Waals surface area contributed by atoms with Crippen LogP contribution in [0.5, 0.6) is 0 Å². The molecule has 0 spiro atoms. The molecule has 5 heteroatoms. The Kier molecular flexibility index (Phi) is 2.35. The molecule has 2 N–H and O–H groups in total. The van der Waals surface area contributed by atoms with Crippen molar-refractivity contribution in [3.05, 3.63) is 60.3 Å². The minimum Gasteiger partial charge on any atom is -0.478 e. The van der Waals surface area contributed by atoms with Crippen LogP contribution in [0.2, 0.25) is 0 Å². The molecule has 2 aromatic carbocycles. The lowest BCUT2D eigenvalue weighted by molar-refractivity contribution is 0.0697. The number of rotatable bonds is 2. The molecule has 0 saturated heterocycles. The largest absolute Gasteiger partial charge is 0.478 e. The van der Waals surface area contributed by atoms with E-state index in [2.05, 4.69) is 10.1 Å². The zero-order valence-corrected chi connectivity index (χ0v) is 10.9.